The lowest BCUT2D eigenvalue weighted by Crippen LogP contribution is -2.11. The van der Waals surface area contributed by atoms with E-state index < -0.39 is 0 Å². The van der Waals surface area contributed by atoms with Crippen LogP contribution in [0.15, 0.2) is 24.3 Å². The smallest absolute Gasteiger partial charge is 0.0250 e. The van der Waals surface area contributed by atoms with E-state index in [1.165, 1.54) is 77.0 Å². The van der Waals surface area contributed by atoms with Crippen molar-refractivity contribution >= 4 is 0 Å². The summed E-state index contributed by atoms with van der Waals surface area (Å²) in [6.07, 6.45) is 17.3. The van der Waals surface area contributed by atoms with Gasteiger partial charge in [-0.2, -0.15) is 0 Å². The molecule has 0 spiro atoms. The van der Waals surface area contributed by atoms with Gasteiger partial charge in [0.25, 0.3) is 0 Å². The predicted molar refractivity (Wildman–Crippen MR) is 121 cm³/mol. The maximum absolute atomic E-state index is 2.52. The lowest BCUT2D eigenvalue weighted by molar-refractivity contribution is 0.353. The highest BCUT2D eigenvalue weighted by molar-refractivity contribution is 5.24. The maximum atomic E-state index is 2.52. The fraction of sp³-hybridized carbons (Fsp3) is 0.769. The molecule has 0 radical (unpaired) electrons. The first-order valence-electron chi connectivity index (χ1n) is 12.0. The molecule has 2 saturated carbocycles. The van der Waals surface area contributed by atoms with E-state index in [-0.39, 0.29) is 0 Å². The van der Waals surface area contributed by atoms with Gasteiger partial charge in [-0.25, -0.2) is 0 Å². The van der Waals surface area contributed by atoms with Crippen molar-refractivity contribution in [2.45, 2.75) is 119 Å². The van der Waals surface area contributed by atoms with Gasteiger partial charge in [0, 0.05) is 0 Å². The van der Waals surface area contributed by atoms with Crippen LogP contribution in [0.25, 0.3) is 0 Å². The second-order valence-electron chi connectivity index (χ2n) is 7.24. The largest absolute Gasteiger partial charge is 0.0683 e. The van der Waals surface area contributed by atoms with Crippen LogP contribution in [0.4, 0.5) is 0 Å². The number of rotatable bonds is 4. The summed E-state index contributed by atoms with van der Waals surface area (Å²) in [7, 11) is 0. The van der Waals surface area contributed by atoms with Gasteiger partial charge in [0.05, 0.1) is 0 Å². The van der Waals surface area contributed by atoms with Crippen LogP contribution in [0.2, 0.25) is 0 Å². The molecule has 0 aliphatic heterocycles. The molecule has 0 aromatic heterocycles. The number of benzene rings is 1. The Morgan fingerprint density at radius 3 is 1.27 bits per heavy atom. The van der Waals surface area contributed by atoms with Gasteiger partial charge in [-0.3, -0.25) is 0 Å². The highest BCUT2D eigenvalue weighted by atomic mass is 14.2. The number of hydrogen-bond acceptors (Lipinski definition) is 0. The van der Waals surface area contributed by atoms with E-state index >= 15 is 0 Å². The van der Waals surface area contributed by atoms with E-state index in [0.717, 1.165) is 11.8 Å². The van der Waals surface area contributed by atoms with Crippen LogP contribution in [0.5, 0.6) is 0 Å². The summed E-state index contributed by atoms with van der Waals surface area (Å²) in [6, 6.07) is 9.54. The van der Waals surface area contributed by atoms with Crippen molar-refractivity contribution in [3.8, 4) is 0 Å². The van der Waals surface area contributed by atoms with Crippen LogP contribution in [-0.2, 0) is 12.8 Å². The first-order chi connectivity index (χ1) is 12.9. The topological polar surface area (TPSA) is 0 Å². The van der Waals surface area contributed by atoms with Gasteiger partial charge >= 0.3 is 0 Å². The molecule has 3 rings (SSSR count). The minimum absolute atomic E-state index is 0.966. The van der Waals surface area contributed by atoms with Gasteiger partial charge in [-0.1, -0.05) is 130 Å². The van der Waals surface area contributed by atoms with E-state index in [4.69, 9.17) is 0 Å². The summed E-state index contributed by atoms with van der Waals surface area (Å²) in [6.45, 7) is 12.0. The van der Waals surface area contributed by atoms with Crippen molar-refractivity contribution in [3.63, 3.8) is 0 Å². The second kappa shape index (κ2) is 17.6. The molecule has 2 aliphatic carbocycles. The standard InChI is InChI=1S/C20H30.3C2H6/c1-3-8-17(9-4-1)14-19-12-7-13-20(16-19)15-18-10-5-2-6-11-18;3*1-2/h7,12-13,16-18H,1-6,8-11,14-15H2;3*1-2H3. The van der Waals surface area contributed by atoms with Gasteiger partial charge in [-0.15, -0.1) is 0 Å². The van der Waals surface area contributed by atoms with Crippen molar-refractivity contribution in [2.75, 3.05) is 0 Å². The monoisotopic (exact) mass is 360 g/mol. The van der Waals surface area contributed by atoms with Crippen LogP contribution in [0.3, 0.4) is 0 Å². The zero-order valence-electron chi connectivity index (χ0n) is 18.9. The van der Waals surface area contributed by atoms with Crippen molar-refractivity contribution in [2.24, 2.45) is 11.8 Å². The Morgan fingerprint density at radius 1 is 0.577 bits per heavy atom. The summed E-state index contributed by atoms with van der Waals surface area (Å²) in [4.78, 5) is 0. The Morgan fingerprint density at radius 2 is 0.923 bits per heavy atom. The molecule has 0 N–H and O–H groups in total. The van der Waals surface area contributed by atoms with Gasteiger partial charge < -0.3 is 0 Å². The third kappa shape index (κ3) is 10.4. The van der Waals surface area contributed by atoms with E-state index in [2.05, 4.69) is 24.3 Å². The first kappa shape index (κ1) is 25.2. The zero-order valence-corrected chi connectivity index (χ0v) is 18.9. The van der Waals surface area contributed by atoms with Crippen molar-refractivity contribution in [3.05, 3.63) is 35.4 Å². The third-order valence-corrected chi connectivity index (χ3v) is 5.49. The predicted octanol–water partition coefficient (Wildman–Crippen LogP) is 9.01. The van der Waals surface area contributed by atoms with Crippen molar-refractivity contribution in [1.82, 2.24) is 0 Å². The van der Waals surface area contributed by atoms with Crippen LogP contribution in [-0.4, -0.2) is 0 Å². The molecule has 0 heteroatoms. The van der Waals surface area contributed by atoms with Crippen LogP contribution >= 0.6 is 0 Å². The summed E-state index contributed by atoms with van der Waals surface area (Å²) in [5.41, 5.74) is 3.20. The molecule has 1 aromatic rings. The molecule has 1 aromatic carbocycles. The molecule has 26 heavy (non-hydrogen) atoms. The molecule has 2 aliphatic rings. The molecule has 0 nitrogen and oxygen atoms in total. The molecule has 152 valence electrons. The van der Waals surface area contributed by atoms with E-state index in [0.29, 0.717) is 0 Å². The minimum atomic E-state index is 0.966. The maximum Gasteiger partial charge on any atom is -0.0250 e. The molecule has 0 unspecified atom stereocenters. The zero-order chi connectivity index (χ0) is 19.6. The average Bonchev–Trinajstić information content (AvgIpc) is 2.74. The van der Waals surface area contributed by atoms with Crippen molar-refractivity contribution in [1.29, 1.82) is 0 Å². The molecule has 0 heterocycles. The SMILES string of the molecule is CC.CC.CC.c1cc(CC2CCCCC2)cc(CC2CCCCC2)c1. The Kier molecular flexibility index (Phi) is 17.1. The van der Waals surface area contributed by atoms with Gasteiger partial charge in [0.2, 0.25) is 0 Å². The highest BCUT2D eigenvalue weighted by Gasteiger charge is 2.16. The quantitative estimate of drug-likeness (QED) is 0.502. The molecule has 0 amide bonds. The van der Waals surface area contributed by atoms with E-state index in [1.54, 1.807) is 11.1 Å². The Labute approximate surface area is 166 Å². The fourth-order valence-electron chi connectivity index (χ4n) is 4.33. The molecular weight excluding hydrogens is 312 g/mol. The summed E-state index contributed by atoms with van der Waals surface area (Å²) in [5.74, 6) is 1.93. The first-order valence-corrected chi connectivity index (χ1v) is 12.0. The van der Waals surface area contributed by atoms with Crippen LogP contribution in [0.1, 0.15) is 117 Å². The normalized spacial score (nSPS) is 17.6. The molecular formula is C26H48. The average molecular weight is 361 g/mol. The lowest BCUT2D eigenvalue weighted by Gasteiger charge is -2.23. The second-order valence-corrected chi connectivity index (χ2v) is 7.24. The van der Waals surface area contributed by atoms with Crippen LogP contribution < -0.4 is 0 Å². The van der Waals surface area contributed by atoms with Gasteiger partial charge in [-0.05, 0) is 35.8 Å². The summed E-state index contributed by atoms with van der Waals surface area (Å²) in [5, 5.41) is 0. The summed E-state index contributed by atoms with van der Waals surface area (Å²) >= 11 is 0. The summed E-state index contributed by atoms with van der Waals surface area (Å²) < 4.78 is 0. The highest BCUT2D eigenvalue weighted by Crippen LogP contribution is 2.29. The van der Waals surface area contributed by atoms with Gasteiger partial charge in [0.1, 0.15) is 0 Å². The molecule has 0 atom stereocenters. The Balaban J connectivity index is 0.000000948. The Hall–Kier alpha value is -0.780. The number of hydrogen-bond donors (Lipinski definition) is 0. The molecule has 0 bridgehead atoms. The molecule has 2 fully saturated rings. The van der Waals surface area contributed by atoms with Gasteiger partial charge in [0.15, 0.2) is 0 Å². The van der Waals surface area contributed by atoms with E-state index in [1.807, 2.05) is 41.5 Å². The van der Waals surface area contributed by atoms with E-state index in [9.17, 15) is 0 Å². The minimum Gasteiger partial charge on any atom is -0.0683 e. The Bertz CT molecular complexity index is 359. The lowest BCUT2D eigenvalue weighted by atomic mass is 9.83. The third-order valence-electron chi connectivity index (χ3n) is 5.49. The van der Waals surface area contributed by atoms with Crippen LogP contribution in [0, 0.1) is 11.8 Å². The molecule has 0 saturated heterocycles. The fourth-order valence-corrected chi connectivity index (χ4v) is 4.33. The van der Waals surface area contributed by atoms with Crippen molar-refractivity contribution < 1.29 is 0 Å².